The smallest absolute Gasteiger partial charge is 0.211 e. The van der Waals surface area contributed by atoms with Crippen molar-refractivity contribution in [1.29, 1.82) is 0 Å². The van der Waals surface area contributed by atoms with Crippen molar-refractivity contribution in [2.24, 2.45) is 5.92 Å². The third-order valence-corrected chi connectivity index (χ3v) is 4.46. The molecule has 1 atom stereocenters. The predicted octanol–water partition coefficient (Wildman–Crippen LogP) is 2.76. The number of benzene rings is 1. The molecule has 0 aromatic heterocycles. The zero-order valence-electron chi connectivity index (χ0n) is 10.2. The summed E-state index contributed by atoms with van der Waals surface area (Å²) in [5.41, 5.74) is 0. The fourth-order valence-corrected chi connectivity index (χ4v) is 3.07. The Morgan fingerprint density at radius 1 is 1.39 bits per heavy atom. The minimum atomic E-state index is -3.78. The quantitative estimate of drug-likeness (QED) is 0.786. The van der Waals surface area contributed by atoms with Crippen molar-refractivity contribution in [2.45, 2.75) is 24.7 Å². The molecule has 1 N–H and O–H groups in total. The molecular weight excluding hydrogens is 277 g/mol. The van der Waals surface area contributed by atoms with Crippen molar-refractivity contribution >= 4 is 21.6 Å². The van der Waals surface area contributed by atoms with Crippen molar-refractivity contribution in [3.05, 3.63) is 30.1 Å². The van der Waals surface area contributed by atoms with E-state index in [1.165, 1.54) is 18.2 Å². The van der Waals surface area contributed by atoms with Gasteiger partial charge in [0.15, 0.2) is 0 Å². The average Bonchev–Trinajstić information content (AvgIpc) is 2.34. The van der Waals surface area contributed by atoms with Crippen LogP contribution in [0.25, 0.3) is 0 Å². The first-order valence-electron chi connectivity index (χ1n) is 5.81. The molecule has 0 saturated carbocycles. The Labute approximate surface area is 112 Å². The van der Waals surface area contributed by atoms with E-state index >= 15 is 0 Å². The predicted molar refractivity (Wildman–Crippen MR) is 70.7 cm³/mol. The summed E-state index contributed by atoms with van der Waals surface area (Å²) in [5, 5.41) is 0. The molecule has 0 radical (unpaired) electrons. The number of rotatable bonds is 7. The van der Waals surface area contributed by atoms with Crippen molar-refractivity contribution < 1.29 is 12.8 Å². The number of alkyl halides is 1. The van der Waals surface area contributed by atoms with Crippen LogP contribution in [-0.4, -0.2) is 20.8 Å². The summed E-state index contributed by atoms with van der Waals surface area (Å²) in [6.07, 6.45) is 1.56. The van der Waals surface area contributed by atoms with Crippen LogP contribution in [0.5, 0.6) is 0 Å². The van der Waals surface area contributed by atoms with E-state index in [0.29, 0.717) is 5.88 Å². The first kappa shape index (κ1) is 15.4. The van der Waals surface area contributed by atoms with E-state index in [-0.39, 0.29) is 17.4 Å². The van der Waals surface area contributed by atoms with E-state index in [9.17, 15) is 12.8 Å². The third-order valence-electron chi connectivity index (χ3n) is 2.78. The van der Waals surface area contributed by atoms with E-state index in [1.807, 2.05) is 6.92 Å². The monoisotopic (exact) mass is 293 g/mol. The molecule has 102 valence electrons. The maximum Gasteiger partial charge on any atom is 0.243 e. The fourth-order valence-electron chi connectivity index (χ4n) is 1.57. The van der Waals surface area contributed by atoms with Gasteiger partial charge >= 0.3 is 0 Å². The van der Waals surface area contributed by atoms with E-state index in [4.69, 9.17) is 11.6 Å². The molecule has 0 aliphatic carbocycles. The van der Waals surface area contributed by atoms with Crippen LogP contribution >= 0.6 is 11.6 Å². The molecule has 0 aliphatic heterocycles. The number of hydrogen-bond acceptors (Lipinski definition) is 2. The van der Waals surface area contributed by atoms with Crippen molar-refractivity contribution in [3.8, 4) is 0 Å². The van der Waals surface area contributed by atoms with E-state index < -0.39 is 15.8 Å². The molecule has 6 heteroatoms. The standard InChI is InChI=1S/C12H17ClFNO2S/c1-2-10(7-8-13)9-15-18(16,17)12-6-4-3-5-11(12)14/h3-6,10,15H,2,7-9H2,1H3. The minimum absolute atomic E-state index is 0.170. The highest BCUT2D eigenvalue weighted by atomic mass is 35.5. The van der Waals surface area contributed by atoms with Crippen LogP contribution in [0.4, 0.5) is 4.39 Å². The second-order valence-electron chi connectivity index (χ2n) is 4.03. The Kier molecular flexibility index (Phi) is 6.05. The second kappa shape index (κ2) is 7.07. The van der Waals surface area contributed by atoms with Crippen LogP contribution in [0.1, 0.15) is 19.8 Å². The van der Waals surface area contributed by atoms with Crippen LogP contribution in [0, 0.1) is 11.7 Å². The van der Waals surface area contributed by atoms with E-state index in [2.05, 4.69) is 4.72 Å². The van der Waals surface area contributed by atoms with Gasteiger partial charge in [0, 0.05) is 12.4 Å². The SMILES string of the molecule is CCC(CCCl)CNS(=O)(=O)c1ccccc1F. The normalized spacial score (nSPS) is 13.5. The maximum atomic E-state index is 13.4. The largest absolute Gasteiger partial charge is 0.243 e. The highest BCUT2D eigenvalue weighted by Crippen LogP contribution is 2.14. The van der Waals surface area contributed by atoms with Crippen LogP contribution in [0.3, 0.4) is 0 Å². The second-order valence-corrected chi connectivity index (χ2v) is 6.15. The molecule has 1 aromatic carbocycles. The van der Waals surface area contributed by atoms with E-state index in [1.54, 1.807) is 0 Å². The molecule has 0 amide bonds. The molecule has 1 unspecified atom stereocenters. The van der Waals surface area contributed by atoms with Crippen molar-refractivity contribution in [1.82, 2.24) is 4.72 Å². The third kappa shape index (κ3) is 4.23. The first-order valence-corrected chi connectivity index (χ1v) is 7.83. The highest BCUT2D eigenvalue weighted by Gasteiger charge is 2.19. The molecular formula is C12H17ClFNO2S. The number of halogens is 2. The van der Waals surface area contributed by atoms with Gasteiger partial charge in [-0.2, -0.15) is 0 Å². The molecule has 0 heterocycles. The highest BCUT2D eigenvalue weighted by molar-refractivity contribution is 7.89. The van der Waals surface area contributed by atoms with Gasteiger partial charge in [-0.15, -0.1) is 11.6 Å². The molecule has 18 heavy (non-hydrogen) atoms. The summed E-state index contributed by atoms with van der Waals surface area (Å²) in [5.74, 6) is -0.0839. The first-order chi connectivity index (χ1) is 8.51. The molecule has 1 rings (SSSR count). The molecule has 0 saturated heterocycles. The Morgan fingerprint density at radius 3 is 2.61 bits per heavy atom. The number of nitrogens with one attached hydrogen (secondary N) is 1. The summed E-state index contributed by atoms with van der Waals surface area (Å²) in [4.78, 5) is -0.314. The zero-order chi connectivity index (χ0) is 13.6. The lowest BCUT2D eigenvalue weighted by atomic mass is 10.0. The number of sulfonamides is 1. The maximum absolute atomic E-state index is 13.4. The van der Waals surface area contributed by atoms with Crippen LogP contribution in [-0.2, 0) is 10.0 Å². The van der Waals surface area contributed by atoms with Crippen LogP contribution < -0.4 is 4.72 Å². The van der Waals surface area contributed by atoms with Gasteiger partial charge in [0.1, 0.15) is 10.7 Å². The Morgan fingerprint density at radius 2 is 2.06 bits per heavy atom. The lowest BCUT2D eigenvalue weighted by molar-refractivity contribution is 0.479. The van der Waals surface area contributed by atoms with Gasteiger partial charge in [-0.3, -0.25) is 0 Å². The van der Waals surface area contributed by atoms with Gasteiger partial charge in [-0.1, -0.05) is 25.5 Å². The summed E-state index contributed by atoms with van der Waals surface area (Å²) in [7, 11) is -3.78. The topological polar surface area (TPSA) is 46.2 Å². The Hall–Kier alpha value is -0.650. The van der Waals surface area contributed by atoms with Crippen LogP contribution in [0.15, 0.2) is 29.2 Å². The Balaban J connectivity index is 2.74. The summed E-state index contributed by atoms with van der Waals surface area (Å²) in [6, 6.07) is 5.33. The summed E-state index contributed by atoms with van der Waals surface area (Å²) >= 11 is 5.63. The molecule has 1 aromatic rings. The minimum Gasteiger partial charge on any atom is -0.211 e. The molecule has 0 spiro atoms. The van der Waals surface area contributed by atoms with Gasteiger partial charge in [0.2, 0.25) is 10.0 Å². The fraction of sp³-hybridized carbons (Fsp3) is 0.500. The lowest BCUT2D eigenvalue weighted by Gasteiger charge is -2.14. The van der Waals surface area contributed by atoms with Gasteiger partial charge in [0.25, 0.3) is 0 Å². The van der Waals surface area contributed by atoms with Gasteiger partial charge in [0.05, 0.1) is 0 Å². The summed E-state index contributed by atoms with van der Waals surface area (Å²) < 4.78 is 39.6. The van der Waals surface area contributed by atoms with Gasteiger partial charge < -0.3 is 0 Å². The number of hydrogen-bond donors (Lipinski definition) is 1. The molecule has 0 aliphatic rings. The van der Waals surface area contributed by atoms with Crippen molar-refractivity contribution in [2.75, 3.05) is 12.4 Å². The summed E-state index contributed by atoms with van der Waals surface area (Å²) in [6.45, 7) is 2.24. The molecule has 0 bridgehead atoms. The van der Waals surface area contributed by atoms with Crippen LogP contribution in [0.2, 0.25) is 0 Å². The average molecular weight is 294 g/mol. The van der Waals surface area contributed by atoms with Gasteiger partial charge in [-0.05, 0) is 24.5 Å². The molecule has 0 fully saturated rings. The lowest BCUT2D eigenvalue weighted by Crippen LogP contribution is -2.30. The molecule has 3 nitrogen and oxygen atoms in total. The van der Waals surface area contributed by atoms with E-state index in [0.717, 1.165) is 18.9 Å². The van der Waals surface area contributed by atoms with Gasteiger partial charge in [-0.25, -0.2) is 17.5 Å². The van der Waals surface area contributed by atoms with Crippen molar-refractivity contribution in [3.63, 3.8) is 0 Å². The Bertz CT molecular complexity index is 479. The zero-order valence-corrected chi connectivity index (χ0v) is 11.8.